The van der Waals surface area contributed by atoms with Gasteiger partial charge in [-0.2, -0.15) is 5.10 Å². The van der Waals surface area contributed by atoms with Gasteiger partial charge < -0.3 is 15.6 Å². The molecule has 0 fully saturated rings. The van der Waals surface area contributed by atoms with Crippen LogP contribution in [0.3, 0.4) is 0 Å². The van der Waals surface area contributed by atoms with Crippen molar-refractivity contribution in [2.24, 2.45) is 0 Å². The topological polar surface area (TPSA) is 123 Å². The van der Waals surface area contributed by atoms with Crippen LogP contribution in [0.25, 0.3) is 22.2 Å². The average Bonchev–Trinajstić information content (AvgIpc) is 3.59. The summed E-state index contributed by atoms with van der Waals surface area (Å²) in [6.45, 7) is 1.59. The van der Waals surface area contributed by atoms with Crippen molar-refractivity contribution >= 4 is 22.6 Å². The molecule has 5 heterocycles. The number of nitrogens with one attached hydrogen (secondary N) is 3. The van der Waals surface area contributed by atoms with E-state index in [0.717, 1.165) is 60.1 Å². The highest BCUT2D eigenvalue weighted by molar-refractivity contribution is 5.80. The molecule has 10 nitrogen and oxygen atoms in total. The highest BCUT2D eigenvalue weighted by atomic mass is 16.2. The number of carbonyl (C=O) groups is 1. The van der Waals surface area contributed by atoms with Gasteiger partial charge in [-0.25, -0.2) is 4.98 Å². The Labute approximate surface area is 225 Å². The fraction of sp³-hybridized carbons (Fsp3) is 0.276. The number of hydrogen-bond acceptors (Lipinski definition) is 6. The highest BCUT2D eigenvalue weighted by Gasteiger charge is 2.21. The van der Waals surface area contributed by atoms with E-state index in [1.54, 1.807) is 24.8 Å². The SMILES string of the molecule is O=C(Cn1c(-c2cnn3c2CCCC3)cnc(NCCc2ccccc2)c1=O)NCc1cc2cnccc2[nH]1. The van der Waals surface area contributed by atoms with E-state index in [9.17, 15) is 9.59 Å². The van der Waals surface area contributed by atoms with E-state index in [1.807, 2.05) is 47.1 Å². The third-order valence-corrected chi connectivity index (χ3v) is 7.12. The van der Waals surface area contributed by atoms with Gasteiger partial charge in [0, 0.05) is 53.3 Å². The molecule has 39 heavy (non-hydrogen) atoms. The molecular weight excluding hydrogens is 492 g/mol. The number of anilines is 1. The number of hydrogen-bond donors (Lipinski definition) is 3. The van der Waals surface area contributed by atoms with Gasteiger partial charge in [-0.1, -0.05) is 30.3 Å². The van der Waals surface area contributed by atoms with Crippen molar-refractivity contribution in [1.82, 2.24) is 34.6 Å². The van der Waals surface area contributed by atoms with E-state index in [0.29, 0.717) is 18.8 Å². The van der Waals surface area contributed by atoms with Crippen LogP contribution >= 0.6 is 0 Å². The molecule has 1 aromatic carbocycles. The predicted molar refractivity (Wildman–Crippen MR) is 149 cm³/mol. The summed E-state index contributed by atoms with van der Waals surface area (Å²) < 4.78 is 3.50. The van der Waals surface area contributed by atoms with E-state index in [-0.39, 0.29) is 23.8 Å². The zero-order chi connectivity index (χ0) is 26.6. The molecule has 5 aromatic rings. The van der Waals surface area contributed by atoms with Crippen LogP contribution in [0.15, 0.2) is 72.0 Å². The molecule has 1 amide bonds. The van der Waals surface area contributed by atoms with Crippen LogP contribution in [0.2, 0.25) is 0 Å². The lowest BCUT2D eigenvalue weighted by Gasteiger charge is -2.18. The highest BCUT2D eigenvalue weighted by Crippen LogP contribution is 2.27. The first kappa shape index (κ1) is 24.6. The van der Waals surface area contributed by atoms with Gasteiger partial charge >= 0.3 is 0 Å². The standard InChI is InChI=1S/C29H30N8O2/c38-27(32-16-22-14-21-15-30-11-10-24(21)35-22)19-36-26(23-17-34-37-13-5-4-8-25(23)37)18-33-28(29(36)39)31-12-9-20-6-2-1-3-7-20/h1-3,6-7,10-11,14-15,17-18,35H,4-5,8-9,12-13,16,19H2,(H,31,33)(H,32,38). The minimum Gasteiger partial charge on any atom is -0.365 e. The first-order valence-electron chi connectivity index (χ1n) is 13.3. The lowest BCUT2D eigenvalue weighted by atomic mass is 10.0. The number of carbonyl (C=O) groups excluding carboxylic acids is 1. The van der Waals surface area contributed by atoms with Crippen LogP contribution in [0, 0.1) is 0 Å². The normalized spacial score (nSPS) is 12.8. The number of H-pyrrole nitrogens is 1. The van der Waals surface area contributed by atoms with Gasteiger partial charge in [0.2, 0.25) is 5.91 Å². The number of amides is 1. The summed E-state index contributed by atoms with van der Waals surface area (Å²) in [5.74, 6) is -0.0377. The molecule has 4 aromatic heterocycles. The molecule has 0 saturated heterocycles. The maximum atomic E-state index is 13.6. The van der Waals surface area contributed by atoms with Crippen molar-refractivity contribution in [1.29, 1.82) is 0 Å². The molecule has 6 rings (SSSR count). The average molecular weight is 523 g/mol. The van der Waals surface area contributed by atoms with E-state index in [2.05, 4.69) is 30.7 Å². The maximum Gasteiger partial charge on any atom is 0.294 e. The lowest BCUT2D eigenvalue weighted by Crippen LogP contribution is -2.34. The fourth-order valence-corrected chi connectivity index (χ4v) is 5.11. The molecule has 0 radical (unpaired) electrons. The summed E-state index contributed by atoms with van der Waals surface area (Å²) in [6, 6.07) is 13.9. The number of benzene rings is 1. The predicted octanol–water partition coefficient (Wildman–Crippen LogP) is 3.29. The smallest absolute Gasteiger partial charge is 0.294 e. The quantitative estimate of drug-likeness (QED) is 0.273. The molecule has 1 aliphatic heterocycles. The first-order valence-corrected chi connectivity index (χ1v) is 13.3. The summed E-state index contributed by atoms with van der Waals surface area (Å²) in [7, 11) is 0. The largest absolute Gasteiger partial charge is 0.365 e. The van der Waals surface area contributed by atoms with Crippen LogP contribution in [0.5, 0.6) is 0 Å². The second-order valence-electron chi connectivity index (χ2n) is 9.77. The Morgan fingerprint density at radius 3 is 2.85 bits per heavy atom. The minimum absolute atomic E-state index is 0.129. The molecule has 10 heteroatoms. The maximum absolute atomic E-state index is 13.6. The molecule has 0 unspecified atom stereocenters. The van der Waals surface area contributed by atoms with Gasteiger partial charge in [-0.15, -0.1) is 0 Å². The number of aromatic amines is 1. The number of aryl methyl sites for hydroxylation is 1. The Morgan fingerprint density at radius 2 is 1.97 bits per heavy atom. The number of rotatable bonds is 9. The summed E-state index contributed by atoms with van der Waals surface area (Å²) in [5.41, 5.74) is 5.19. The number of nitrogens with zero attached hydrogens (tertiary/aromatic N) is 5. The Balaban J connectivity index is 1.24. The number of aromatic nitrogens is 6. The Kier molecular flexibility index (Phi) is 6.90. The molecule has 0 saturated carbocycles. The van der Waals surface area contributed by atoms with Crippen molar-refractivity contribution in [2.75, 3.05) is 11.9 Å². The first-order chi connectivity index (χ1) is 19.2. The van der Waals surface area contributed by atoms with Gasteiger partial charge in [0.15, 0.2) is 5.82 Å². The van der Waals surface area contributed by atoms with Crippen LogP contribution in [-0.2, 0) is 37.3 Å². The monoisotopic (exact) mass is 522 g/mol. The van der Waals surface area contributed by atoms with Crippen LogP contribution < -0.4 is 16.2 Å². The summed E-state index contributed by atoms with van der Waals surface area (Å²) in [4.78, 5) is 38.7. The summed E-state index contributed by atoms with van der Waals surface area (Å²) >= 11 is 0. The number of fused-ring (bicyclic) bond motifs is 2. The van der Waals surface area contributed by atoms with Crippen molar-refractivity contribution < 1.29 is 4.79 Å². The third kappa shape index (κ3) is 5.31. The zero-order valence-electron chi connectivity index (χ0n) is 21.6. The third-order valence-electron chi connectivity index (χ3n) is 7.12. The Bertz CT molecular complexity index is 1630. The second kappa shape index (κ2) is 10.9. The molecule has 0 bridgehead atoms. The van der Waals surface area contributed by atoms with E-state index < -0.39 is 0 Å². The van der Waals surface area contributed by atoms with E-state index in [1.165, 1.54) is 10.1 Å². The Hall–Kier alpha value is -4.73. The lowest BCUT2D eigenvalue weighted by molar-refractivity contribution is -0.121. The van der Waals surface area contributed by atoms with Crippen LogP contribution in [0.4, 0.5) is 5.82 Å². The van der Waals surface area contributed by atoms with Crippen molar-refractivity contribution in [3.05, 3.63) is 94.6 Å². The molecule has 3 N–H and O–H groups in total. The summed E-state index contributed by atoms with van der Waals surface area (Å²) in [5, 5.41) is 11.6. The van der Waals surface area contributed by atoms with Gasteiger partial charge in [-0.05, 0) is 43.4 Å². The van der Waals surface area contributed by atoms with Gasteiger partial charge in [0.1, 0.15) is 6.54 Å². The second-order valence-corrected chi connectivity index (χ2v) is 9.77. The molecule has 1 aliphatic rings. The van der Waals surface area contributed by atoms with Crippen molar-refractivity contribution in [3.63, 3.8) is 0 Å². The number of pyridine rings is 1. The molecule has 0 spiro atoms. The van der Waals surface area contributed by atoms with Crippen molar-refractivity contribution in [2.45, 2.75) is 45.3 Å². The van der Waals surface area contributed by atoms with Gasteiger partial charge in [0.25, 0.3) is 5.56 Å². The van der Waals surface area contributed by atoms with Crippen molar-refractivity contribution in [3.8, 4) is 11.3 Å². The van der Waals surface area contributed by atoms with Gasteiger partial charge in [0.05, 0.1) is 24.6 Å². The molecule has 0 atom stereocenters. The Morgan fingerprint density at radius 1 is 1.08 bits per heavy atom. The minimum atomic E-state index is -0.330. The molecular formula is C29H30N8O2. The zero-order valence-corrected chi connectivity index (χ0v) is 21.6. The van der Waals surface area contributed by atoms with E-state index >= 15 is 0 Å². The van der Waals surface area contributed by atoms with Crippen LogP contribution in [-0.4, -0.2) is 41.8 Å². The van der Waals surface area contributed by atoms with Gasteiger partial charge in [-0.3, -0.25) is 23.8 Å². The van der Waals surface area contributed by atoms with Crippen LogP contribution in [0.1, 0.15) is 29.8 Å². The molecule has 0 aliphatic carbocycles. The molecule has 198 valence electrons. The summed E-state index contributed by atoms with van der Waals surface area (Å²) in [6.07, 6.45) is 10.7. The van der Waals surface area contributed by atoms with E-state index in [4.69, 9.17) is 0 Å². The fourth-order valence-electron chi connectivity index (χ4n) is 5.11.